The van der Waals surface area contributed by atoms with Crippen LogP contribution in [0.3, 0.4) is 0 Å². The minimum atomic E-state index is 0.0172. The van der Waals surface area contributed by atoms with Gasteiger partial charge in [-0.25, -0.2) is 9.97 Å². The summed E-state index contributed by atoms with van der Waals surface area (Å²) in [5.74, 6) is 3.96. The van der Waals surface area contributed by atoms with Crippen LogP contribution >= 0.6 is 15.9 Å². The highest BCUT2D eigenvalue weighted by Gasteiger charge is 2.31. The van der Waals surface area contributed by atoms with Crippen LogP contribution in [-0.2, 0) is 6.42 Å². The molecule has 2 heterocycles. The van der Waals surface area contributed by atoms with Gasteiger partial charge in [-0.1, -0.05) is 45.2 Å². The van der Waals surface area contributed by atoms with Gasteiger partial charge in [0, 0.05) is 54.3 Å². The zero-order chi connectivity index (χ0) is 24.9. The second-order valence-electron chi connectivity index (χ2n) is 10.5. The van der Waals surface area contributed by atoms with E-state index in [1.807, 2.05) is 32.3 Å². The molecule has 1 unspecified atom stereocenters. The van der Waals surface area contributed by atoms with E-state index in [9.17, 15) is 4.79 Å². The molecule has 5 nitrogen and oxygen atoms in total. The number of hydrogen-bond donors (Lipinski definition) is 0. The topological polar surface area (TPSA) is 59.0 Å². The van der Waals surface area contributed by atoms with Gasteiger partial charge in [-0.3, -0.25) is 9.78 Å². The lowest BCUT2D eigenvalue weighted by Crippen LogP contribution is -2.28. The van der Waals surface area contributed by atoms with E-state index in [1.54, 1.807) is 12.4 Å². The number of hydrogen-bond acceptors (Lipinski definition) is 5. The number of para-hydroxylation sites is 1. The van der Waals surface area contributed by atoms with Crippen LogP contribution < -0.4 is 4.90 Å². The Morgan fingerprint density at radius 1 is 1.09 bits per heavy atom. The molecule has 2 atom stereocenters. The van der Waals surface area contributed by atoms with E-state index < -0.39 is 0 Å². The van der Waals surface area contributed by atoms with Crippen molar-refractivity contribution in [3.05, 3.63) is 58.6 Å². The van der Waals surface area contributed by atoms with E-state index in [2.05, 4.69) is 51.8 Å². The first-order chi connectivity index (χ1) is 16.8. The van der Waals surface area contributed by atoms with E-state index in [0.717, 1.165) is 45.8 Å². The molecule has 1 aliphatic rings. The first-order valence-corrected chi connectivity index (χ1v) is 13.7. The lowest BCUT2D eigenvalue weighted by molar-refractivity contribution is 0.0826. The van der Waals surface area contributed by atoms with E-state index in [0.29, 0.717) is 17.4 Å². The molecule has 1 aliphatic carbocycles. The average Bonchev–Trinajstić information content (AvgIpc) is 2.87. The number of nitrogens with zero attached hydrogens (tertiary/aromatic N) is 4. The Bertz CT molecular complexity index is 1160. The van der Waals surface area contributed by atoms with Crippen molar-refractivity contribution in [2.75, 3.05) is 19.0 Å². The predicted octanol–water partition coefficient (Wildman–Crippen LogP) is 7.14. The molecule has 0 saturated heterocycles. The largest absolute Gasteiger partial charge is 0.362 e. The fraction of sp³-hybridized carbons (Fsp3) is 0.517. The van der Waals surface area contributed by atoms with Gasteiger partial charge in [-0.2, -0.15) is 0 Å². The van der Waals surface area contributed by atoms with E-state index >= 15 is 0 Å². The molecule has 0 aliphatic heterocycles. The summed E-state index contributed by atoms with van der Waals surface area (Å²) in [7, 11) is 4.09. The monoisotopic (exact) mass is 536 g/mol. The van der Waals surface area contributed by atoms with Gasteiger partial charge in [0.25, 0.3) is 0 Å². The Labute approximate surface area is 217 Å². The highest BCUT2D eigenvalue weighted by Crippen LogP contribution is 2.39. The van der Waals surface area contributed by atoms with Crippen LogP contribution in [0.1, 0.15) is 68.6 Å². The molecule has 186 valence electrons. The number of benzene rings is 1. The number of pyridine rings is 1. The van der Waals surface area contributed by atoms with Gasteiger partial charge in [0.05, 0.1) is 5.52 Å². The molecule has 0 amide bonds. The summed E-state index contributed by atoms with van der Waals surface area (Å²) in [6.45, 7) is 4.35. The summed E-state index contributed by atoms with van der Waals surface area (Å²) in [4.78, 5) is 28.9. The molecular formula is C29H37BrN4O. The third kappa shape index (κ3) is 6.27. The second-order valence-corrected chi connectivity index (χ2v) is 11.4. The van der Waals surface area contributed by atoms with Gasteiger partial charge in [0.15, 0.2) is 5.78 Å². The maximum Gasteiger partial charge on any atom is 0.167 e. The third-order valence-electron chi connectivity index (χ3n) is 7.89. The minimum Gasteiger partial charge on any atom is -0.362 e. The van der Waals surface area contributed by atoms with Crippen LogP contribution in [-0.4, -0.2) is 34.8 Å². The quantitative estimate of drug-likeness (QED) is 0.272. The van der Waals surface area contributed by atoms with Crippen molar-refractivity contribution in [2.24, 2.45) is 23.7 Å². The molecule has 1 aromatic carbocycles. The normalized spacial score (nSPS) is 19.9. The van der Waals surface area contributed by atoms with E-state index in [1.165, 1.54) is 32.1 Å². The molecule has 35 heavy (non-hydrogen) atoms. The molecule has 1 saturated carbocycles. The maximum atomic E-state index is 13.0. The fourth-order valence-electron chi connectivity index (χ4n) is 5.57. The smallest absolute Gasteiger partial charge is 0.167 e. The van der Waals surface area contributed by atoms with Crippen molar-refractivity contribution in [2.45, 2.75) is 58.8 Å². The number of rotatable bonds is 9. The molecule has 0 spiro atoms. The molecule has 4 rings (SSSR count). The zero-order valence-electron chi connectivity index (χ0n) is 21.4. The van der Waals surface area contributed by atoms with Crippen LogP contribution in [0.5, 0.6) is 0 Å². The standard InChI is InChI=1S/C29H37BrN4O/c1-19(20(2)28(35)23-16-24(30)18-31-17-23)22-14-12-21(13-15-22)8-7-11-27-32-26-10-6-5-9-25(26)29(33-27)34(3)4/h5-6,9-10,16-22H,7-8,11-15H2,1-4H3/t19?,20-,21?,22?/m0/s1. The Morgan fingerprint density at radius 3 is 2.54 bits per heavy atom. The van der Waals surface area contributed by atoms with Gasteiger partial charge < -0.3 is 4.90 Å². The molecule has 3 aromatic rings. The van der Waals surface area contributed by atoms with Crippen molar-refractivity contribution in [1.82, 2.24) is 15.0 Å². The Hall–Kier alpha value is -2.34. The Kier molecular flexibility index (Phi) is 8.53. The van der Waals surface area contributed by atoms with E-state index in [4.69, 9.17) is 9.97 Å². The predicted molar refractivity (Wildman–Crippen MR) is 147 cm³/mol. The lowest BCUT2D eigenvalue weighted by Gasteiger charge is -2.34. The fourth-order valence-corrected chi connectivity index (χ4v) is 5.93. The van der Waals surface area contributed by atoms with E-state index in [-0.39, 0.29) is 11.7 Å². The number of ketones is 1. The van der Waals surface area contributed by atoms with Crippen LogP contribution in [0.25, 0.3) is 10.9 Å². The van der Waals surface area contributed by atoms with Crippen molar-refractivity contribution in [1.29, 1.82) is 0 Å². The van der Waals surface area contributed by atoms with Gasteiger partial charge in [-0.05, 0) is 71.1 Å². The first-order valence-electron chi connectivity index (χ1n) is 12.9. The highest BCUT2D eigenvalue weighted by atomic mass is 79.9. The summed E-state index contributed by atoms with van der Waals surface area (Å²) in [5, 5.41) is 1.11. The van der Waals surface area contributed by atoms with Gasteiger partial charge in [-0.15, -0.1) is 0 Å². The summed E-state index contributed by atoms with van der Waals surface area (Å²) in [6, 6.07) is 10.1. The number of aromatic nitrogens is 3. The number of carbonyl (C=O) groups is 1. The Balaban J connectivity index is 1.27. The maximum absolute atomic E-state index is 13.0. The average molecular weight is 538 g/mol. The molecule has 0 bridgehead atoms. The van der Waals surface area contributed by atoms with Crippen molar-refractivity contribution >= 4 is 38.4 Å². The summed E-state index contributed by atoms with van der Waals surface area (Å²) in [5.41, 5.74) is 1.73. The zero-order valence-corrected chi connectivity index (χ0v) is 23.0. The van der Waals surface area contributed by atoms with Crippen molar-refractivity contribution in [3.63, 3.8) is 0 Å². The van der Waals surface area contributed by atoms with Crippen LogP contribution in [0, 0.1) is 23.7 Å². The van der Waals surface area contributed by atoms with Crippen LogP contribution in [0.4, 0.5) is 5.82 Å². The van der Waals surface area contributed by atoms with Crippen molar-refractivity contribution in [3.8, 4) is 0 Å². The lowest BCUT2D eigenvalue weighted by atomic mass is 9.70. The third-order valence-corrected chi connectivity index (χ3v) is 8.33. The molecule has 0 radical (unpaired) electrons. The van der Waals surface area contributed by atoms with Gasteiger partial charge in [0.1, 0.15) is 11.6 Å². The highest BCUT2D eigenvalue weighted by molar-refractivity contribution is 9.10. The molecular weight excluding hydrogens is 500 g/mol. The number of aryl methyl sites for hydroxylation is 1. The first kappa shape index (κ1) is 25.7. The SMILES string of the molecule is CC(C1CCC(CCCc2nc(N(C)C)c3ccccc3n2)CC1)[C@H](C)C(=O)c1cncc(Br)c1. The number of halogens is 1. The van der Waals surface area contributed by atoms with Gasteiger partial charge >= 0.3 is 0 Å². The molecule has 1 fully saturated rings. The molecule has 0 N–H and O–H groups in total. The number of carbonyl (C=O) groups excluding carboxylic acids is 1. The summed E-state index contributed by atoms with van der Waals surface area (Å²) < 4.78 is 0.857. The second kappa shape index (κ2) is 11.6. The number of fused-ring (bicyclic) bond motifs is 1. The van der Waals surface area contributed by atoms with Gasteiger partial charge in [0.2, 0.25) is 0 Å². The van der Waals surface area contributed by atoms with Crippen LogP contribution in [0.15, 0.2) is 47.2 Å². The molecule has 6 heteroatoms. The number of Topliss-reactive ketones (excluding diaryl/α,β-unsaturated/α-hetero) is 1. The van der Waals surface area contributed by atoms with Crippen LogP contribution in [0.2, 0.25) is 0 Å². The molecule has 2 aromatic heterocycles. The number of anilines is 1. The Morgan fingerprint density at radius 2 is 1.83 bits per heavy atom. The van der Waals surface area contributed by atoms with Crippen molar-refractivity contribution < 1.29 is 4.79 Å². The summed E-state index contributed by atoms with van der Waals surface area (Å²) >= 11 is 3.43. The summed E-state index contributed by atoms with van der Waals surface area (Å²) in [6.07, 6.45) is 11.6. The minimum absolute atomic E-state index is 0.0172.